The Kier molecular flexibility index (Phi) is 5.00. The molecular weight excluding hydrogens is 318 g/mol. The summed E-state index contributed by atoms with van der Waals surface area (Å²) in [4.78, 5) is 0. The summed E-state index contributed by atoms with van der Waals surface area (Å²) >= 11 is 0. The summed E-state index contributed by atoms with van der Waals surface area (Å²) in [7, 11) is -0.690. The number of halogens is 1. The molecule has 0 aromatic heterocycles. The summed E-state index contributed by atoms with van der Waals surface area (Å²) in [5.74, 6) is -0.334. The highest BCUT2D eigenvalue weighted by Gasteiger charge is 2.52. The van der Waals surface area contributed by atoms with E-state index >= 15 is 0 Å². The third-order valence-electron chi connectivity index (χ3n) is 4.95. The molecule has 1 aliphatic heterocycles. The summed E-state index contributed by atoms with van der Waals surface area (Å²) in [6.07, 6.45) is 0. The molecule has 2 aromatic carbocycles. The predicted molar refractivity (Wildman–Crippen MR) is 97.1 cm³/mol. The van der Waals surface area contributed by atoms with Gasteiger partial charge in [0.25, 0.3) is 0 Å². The molecule has 0 spiro atoms. The van der Waals surface area contributed by atoms with Gasteiger partial charge in [-0.05, 0) is 44.9 Å². The second kappa shape index (κ2) is 6.91. The van der Waals surface area contributed by atoms with Gasteiger partial charge in [0.1, 0.15) is 5.82 Å². The van der Waals surface area contributed by atoms with Crippen LogP contribution in [0.1, 0.15) is 38.8 Å². The Morgan fingerprint density at radius 1 is 0.880 bits per heavy atom. The molecule has 1 heterocycles. The largest absolute Gasteiger partial charge is 0.497 e. The van der Waals surface area contributed by atoms with Crippen molar-refractivity contribution in [2.75, 3.05) is 0 Å². The topological polar surface area (TPSA) is 27.7 Å². The van der Waals surface area contributed by atoms with E-state index in [-0.39, 0.29) is 5.82 Å². The molecule has 0 amide bonds. The molecule has 0 unspecified atom stereocenters. The highest BCUT2D eigenvalue weighted by Crippen LogP contribution is 2.36. The minimum Gasteiger partial charge on any atom is -0.399 e. The lowest BCUT2D eigenvalue weighted by molar-refractivity contribution is 0.00578. The van der Waals surface area contributed by atoms with Gasteiger partial charge in [-0.3, -0.25) is 0 Å². The summed E-state index contributed by atoms with van der Waals surface area (Å²) in [5.41, 5.74) is 1.33. The van der Waals surface area contributed by atoms with E-state index < -0.39 is 18.3 Å². The molecule has 132 valence electrons. The fourth-order valence-corrected chi connectivity index (χ4v) is 2.68. The smallest absolute Gasteiger partial charge is 0.399 e. The third kappa shape index (κ3) is 3.95. The van der Waals surface area contributed by atoms with Crippen LogP contribution in [0, 0.1) is 5.82 Å². The molecule has 0 radical (unpaired) electrons. The van der Waals surface area contributed by atoms with E-state index in [0.29, 0.717) is 18.7 Å². The van der Waals surface area contributed by atoms with Gasteiger partial charge in [0.05, 0.1) is 24.4 Å². The van der Waals surface area contributed by atoms with Gasteiger partial charge in [-0.25, -0.2) is 4.39 Å². The zero-order valence-electron chi connectivity index (χ0n) is 15.2. The van der Waals surface area contributed by atoms with Crippen LogP contribution in [0.4, 0.5) is 4.39 Å². The van der Waals surface area contributed by atoms with E-state index in [1.54, 1.807) is 6.07 Å². The van der Waals surface area contributed by atoms with Crippen molar-refractivity contribution in [2.45, 2.75) is 52.1 Å². The molecule has 0 bridgehead atoms. The Balaban J connectivity index is 1.63. The van der Waals surface area contributed by atoms with Gasteiger partial charge in [-0.1, -0.05) is 42.5 Å². The summed E-state index contributed by atoms with van der Waals surface area (Å²) < 4.78 is 32.0. The molecular formula is C20H24BFO3. The van der Waals surface area contributed by atoms with Crippen LogP contribution in [-0.4, -0.2) is 18.3 Å². The highest BCUT2D eigenvalue weighted by molar-refractivity contribution is 6.62. The zero-order chi connectivity index (χ0) is 18.1. The molecule has 3 nitrogen and oxygen atoms in total. The highest BCUT2D eigenvalue weighted by atomic mass is 19.1. The Hall–Kier alpha value is -1.69. The van der Waals surface area contributed by atoms with Crippen molar-refractivity contribution in [3.05, 3.63) is 65.5 Å². The Morgan fingerprint density at radius 3 is 2.08 bits per heavy atom. The Bertz CT molecular complexity index is 715. The van der Waals surface area contributed by atoms with E-state index in [1.165, 1.54) is 6.07 Å². The number of hydrogen-bond acceptors (Lipinski definition) is 3. The lowest BCUT2D eigenvalue weighted by Gasteiger charge is -2.32. The van der Waals surface area contributed by atoms with Crippen molar-refractivity contribution >= 4 is 12.6 Å². The Morgan fingerprint density at radius 2 is 1.48 bits per heavy atom. The fourth-order valence-electron chi connectivity index (χ4n) is 2.68. The van der Waals surface area contributed by atoms with Crippen LogP contribution in [0.5, 0.6) is 0 Å². The lowest BCUT2D eigenvalue weighted by atomic mass is 9.78. The van der Waals surface area contributed by atoms with Gasteiger partial charge in [0, 0.05) is 5.46 Å². The maximum atomic E-state index is 14.5. The van der Waals surface area contributed by atoms with Crippen LogP contribution in [-0.2, 0) is 27.3 Å². The molecule has 0 atom stereocenters. The molecule has 25 heavy (non-hydrogen) atoms. The minimum atomic E-state index is -0.690. The molecule has 0 N–H and O–H groups in total. The zero-order valence-corrected chi connectivity index (χ0v) is 15.2. The van der Waals surface area contributed by atoms with Gasteiger partial charge < -0.3 is 14.0 Å². The molecule has 0 saturated carbocycles. The Labute approximate surface area is 149 Å². The maximum absolute atomic E-state index is 14.5. The van der Waals surface area contributed by atoms with Crippen molar-refractivity contribution in [2.24, 2.45) is 0 Å². The molecule has 1 saturated heterocycles. The standard InChI is InChI=1S/C20H24BFO3/c1-19(2)20(3,4)25-21(24-19)17-11-10-16(12-18(17)22)14-23-13-15-8-6-5-7-9-15/h5-12H,13-14H2,1-4H3. The number of ether oxygens (including phenoxy) is 1. The van der Waals surface area contributed by atoms with Crippen LogP contribution in [0.3, 0.4) is 0 Å². The second-order valence-electron chi connectivity index (χ2n) is 7.42. The molecule has 1 fully saturated rings. The first-order valence-electron chi connectivity index (χ1n) is 8.54. The van der Waals surface area contributed by atoms with Crippen LogP contribution in [0.25, 0.3) is 0 Å². The van der Waals surface area contributed by atoms with Crippen molar-refractivity contribution < 1.29 is 18.4 Å². The van der Waals surface area contributed by atoms with Gasteiger partial charge in [0.2, 0.25) is 0 Å². The van der Waals surface area contributed by atoms with Crippen molar-refractivity contribution in [1.29, 1.82) is 0 Å². The minimum absolute atomic E-state index is 0.334. The molecule has 5 heteroatoms. The van der Waals surface area contributed by atoms with E-state index in [2.05, 4.69) is 0 Å². The average Bonchev–Trinajstić information content (AvgIpc) is 2.76. The van der Waals surface area contributed by atoms with Crippen molar-refractivity contribution in [3.8, 4) is 0 Å². The van der Waals surface area contributed by atoms with Crippen molar-refractivity contribution in [1.82, 2.24) is 0 Å². The van der Waals surface area contributed by atoms with Crippen molar-refractivity contribution in [3.63, 3.8) is 0 Å². The SMILES string of the molecule is CC1(C)OB(c2ccc(COCc3ccccc3)cc2F)OC1(C)C. The first kappa shape index (κ1) is 18.1. The van der Waals surface area contributed by atoms with Gasteiger partial charge in [0.15, 0.2) is 0 Å². The molecule has 0 aliphatic carbocycles. The second-order valence-corrected chi connectivity index (χ2v) is 7.42. The predicted octanol–water partition coefficient (Wildman–Crippen LogP) is 3.84. The normalized spacial score (nSPS) is 18.5. The van der Waals surface area contributed by atoms with Crippen LogP contribution in [0.15, 0.2) is 48.5 Å². The summed E-state index contributed by atoms with van der Waals surface area (Å²) in [6, 6.07) is 15.0. The first-order valence-corrected chi connectivity index (χ1v) is 8.54. The maximum Gasteiger partial charge on any atom is 0.497 e. The van der Waals surface area contributed by atoms with E-state index in [1.807, 2.05) is 64.1 Å². The monoisotopic (exact) mass is 342 g/mol. The molecule has 1 aliphatic rings. The van der Waals surface area contributed by atoms with Gasteiger partial charge in [-0.2, -0.15) is 0 Å². The molecule has 2 aromatic rings. The first-order chi connectivity index (χ1) is 11.8. The average molecular weight is 342 g/mol. The fraction of sp³-hybridized carbons (Fsp3) is 0.400. The van der Waals surface area contributed by atoms with E-state index in [9.17, 15) is 4.39 Å². The molecule has 3 rings (SSSR count). The van der Waals surface area contributed by atoms with E-state index in [4.69, 9.17) is 14.0 Å². The van der Waals surface area contributed by atoms with Crippen LogP contribution >= 0.6 is 0 Å². The van der Waals surface area contributed by atoms with Crippen LogP contribution < -0.4 is 5.46 Å². The van der Waals surface area contributed by atoms with E-state index in [0.717, 1.165) is 11.1 Å². The van der Waals surface area contributed by atoms with Crippen LogP contribution in [0.2, 0.25) is 0 Å². The number of hydrogen-bond donors (Lipinski definition) is 0. The van der Waals surface area contributed by atoms with Gasteiger partial charge >= 0.3 is 7.12 Å². The summed E-state index contributed by atoms with van der Waals surface area (Å²) in [5, 5.41) is 0. The quantitative estimate of drug-likeness (QED) is 0.773. The number of benzene rings is 2. The number of rotatable bonds is 5. The lowest BCUT2D eigenvalue weighted by Crippen LogP contribution is -2.41. The summed E-state index contributed by atoms with van der Waals surface area (Å²) in [6.45, 7) is 8.68. The van der Waals surface area contributed by atoms with Gasteiger partial charge in [-0.15, -0.1) is 0 Å². The third-order valence-corrected chi connectivity index (χ3v) is 4.95.